The molecule has 4 heterocycles. The highest BCUT2D eigenvalue weighted by Gasteiger charge is 2.68. The Balaban J connectivity index is 1.38. The Hall–Kier alpha value is -1.38. The minimum Gasteiger partial charge on any atom is -0.457 e. The van der Waals surface area contributed by atoms with Crippen molar-refractivity contribution in [3.05, 3.63) is 35.9 Å². The molecule has 4 bridgehead atoms. The topological polar surface area (TPSA) is 164 Å². The smallest absolute Gasteiger partial charge is 0.338 e. The molecule has 4 saturated heterocycles. The molecule has 1 aliphatic carbocycles. The zero-order valence-electron chi connectivity index (χ0n) is 17.9. The van der Waals surface area contributed by atoms with Crippen LogP contribution in [0.1, 0.15) is 16.8 Å². The van der Waals surface area contributed by atoms with Gasteiger partial charge in [0.25, 0.3) is 0 Å². The van der Waals surface area contributed by atoms with Crippen LogP contribution in [-0.2, 0) is 23.7 Å². The molecule has 5 aliphatic rings. The van der Waals surface area contributed by atoms with E-state index in [-0.39, 0.29) is 13.0 Å². The number of carbonyl (C=O) groups is 1. The second-order valence-electron chi connectivity index (χ2n) is 9.13. The maximum absolute atomic E-state index is 12.7. The van der Waals surface area contributed by atoms with Gasteiger partial charge in [-0.1, -0.05) is 18.2 Å². The zero-order valence-corrected chi connectivity index (χ0v) is 18.7. The van der Waals surface area contributed by atoms with Crippen LogP contribution in [-0.4, -0.2) is 105 Å². The number of esters is 1. The van der Waals surface area contributed by atoms with E-state index < -0.39 is 84.8 Å². The van der Waals surface area contributed by atoms with E-state index in [0.717, 1.165) is 0 Å². The van der Waals surface area contributed by atoms with Crippen LogP contribution in [0, 0.1) is 11.8 Å². The van der Waals surface area contributed by atoms with Crippen molar-refractivity contribution in [1.82, 2.24) is 0 Å². The van der Waals surface area contributed by atoms with Gasteiger partial charge < -0.3 is 49.2 Å². The molecule has 12 heteroatoms. The molecule has 12 atom stereocenters. The van der Waals surface area contributed by atoms with Crippen molar-refractivity contribution in [2.24, 2.45) is 11.8 Å². The summed E-state index contributed by atoms with van der Waals surface area (Å²) in [4.78, 5) is 12.7. The third-order valence-electron chi connectivity index (χ3n) is 7.14. The largest absolute Gasteiger partial charge is 0.457 e. The zero-order chi connectivity index (χ0) is 24.2. The van der Waals surface area contributed by atoms with Gasteiger partial charge in [-0.05, 0) is 12.1 Å². The molecule has 1 aromatic rings. The van der Waals surface area contributed by atoms with Gasteiger partial charge in [-0.2, -0.15) is 0 Å². The summed E-state index contributed by atoms with van der Waals surface area (Å²) in [5.74, 6) is -1.92. The number of hydrogen-bond acceptors (Lipinski definition) is 11. The standard InChI is InChI=1S/C22H27ClO11/c23-18-17(33-19(28)9-4-2-1-3-5-9)10-6-12-30-8-22(18,29)13(10)20(32-12)34-21-16(27)15(26)14(25)11(7-24)31-21/h1-5,10-18,20-21,24-27,29H,6-8H2/t10-,11-,12-,13-,14-,15+,16-,17+,18-,20+,21+,22+/m1/s1. The van der Waals surface area contributed by atoms with Crippen LogP contribution < -0.4 is 0 Å². The lowest BCUT2D eigenvalue weighted by Crippen LogP contribution is -2.61. The van der Waals surface area contributed by atoms with Crippen LogP contribution in [0.25, 0.3) is 0 Å². The summed E-state index contributed by atoms with van der Waals surface area (Å²) < 4.78 is 28.5. The lowest BCUT2D eigenvalue weighted by atomic mass is 9.83. The van der Waals surface area contributed by atoms with Crippen LogP contribution in [0.15, 0.2) is 30.3 Å². The Labute approximate surface area is 199 Å². The van der Waals surface area contributed by atoms with E-state index in [1.165, 1.54) is 0 Å². The van der Waals surface area contributed by atoms with Gasteiger partial charge in [-0.3, -0.25) is 0 Å². The van der Waals surface area contributed by atoms with E-state index in [1.807, 2.05) is 0 Å². The number of fused-ring (bicyclic) bond motifs is 2. The second kappa shape index (κ2) is 9.25. The Morgan fingerprint density at radius 2 is 1.82 bits per heavy atom. The predicted molar refractivity (Wildman–Crippen MR) is 111 cm³/mol. The minimum absolute atomic E-state index is 0.194. The van der Waals surface area contributed by atoms with Crippen molar-refractivity contribution in [2.75, 3.05) is 13.2 Å². The lowest BCUT2D eigenvalue weighted by molar-refractivity contribution is -0.370. The van der Waals surface area contributed by atoms with Crippen LogP contribution >= 0.6 is 11.6 Å². The molecule has 0 spiro atoms. The summed E-state index contributed by atoms with van der Waals surface area (Å²) >= 11 is 6.64. The third-order valence-corrected chi connectivity index (χ3v) is 7.77. The normalized spacial score (nSPS) is 47.9. The first-order valence-electron chi connectivity index (χ1n) is 11.1. The van der Waals surface area contributed by atoms with E-state index in [1.54, 1.807) is 30.3 Å². The van der Waals surface area contributed by atoms with Crippen LogP contribution in [0.4, 0.5) is 0 Å². The van der Waals surface area contributed by atoms with Gasteiger partial charge >= 0.3 is 5.97 Å². The first-order chi connectivity index (χ1) is 16.2. The molecule has 11 nitrogen and oxygen atoms in total. The van der Waals surface area contributed by atoms with Gasteiger partial charge in [0.15, 0.2) is 18.9 Å². The highest BCUT2D eigenvalue weighted by atomic mass is 35.5. The molecular formula is C22H27ClO11. The molecule has 0 radical (unpaired) electrons. The van der Waals surface area contributed by atoms with Crippen molar-refractivity contribution in [1.29, 1.82) is 0 Å². The fourth-order valence-corrected chi connectivity index (χ4v) is 5.79. The number of aliphatic hydroxyl groups excluding tert-OH is 4. The molecule has 4 aliphatic heterocycles. The SMILES string of the molecule is O=C(O[C@H]1[C@@H]2C[C@@H]3OC[C@](O)([C@H]2[C@H](O[C@@H]2O[C@H](CO)[C@@H](O)[C@H](O)[C@H]2O)O3)[C@@H]1Cl)c1ccccc1. The van der Waals surface area contributed by atoms with Crippen molar-refractivity contribution in [2.45, 2.75) is 66.8 Å². The Kier molecular flexibility index (Phi) is 6.61. The monoisotopic (exact) mass is 502 g/mol. The lowest BCUT2D eigenvalue weighted by Gasteiger charge is -2.44. The molecule has 5 N–H and O–H groups in total. The minimum atomic E-state index is -1.70. The average molecular weight is 503 g/mol. The van der Waals surface area contributed by atoms with Gasteiger partial charge in [0.1, 0.15) is 41.5 Å². The van der Waals surface area contributed by atoms with E-state index in [0.29, 0.717) is 5.56 Å². The Morgan fingerprint density at radius 1 is 1.09 bits per heavy atom. The number of benzene rings is 1. The molecule has 6 rings (SSSR count). The van der Waals surface area contributed by atoms with Crippen LogP contribution in [0.3, 0.4) is 0 Å². The van der Waals surface area contributed by atoms with Crippen LogP contribution in [0.2, 0.25) is 0 Å². The van der Waals surface area contributed by atoms with E-state index in [9.17, 15) is 30.3 Å². The highest BCUT2D eigenvalue weighted by molar-refractivity contribution is 6.22. The van der Waals surface area contributed by atoms with Gasteiger partial charge in [-0.15, -0.1) is 11.6 Å². The van der Waals surface area contributed by atoms with Gasteiger partial charge in [0.2, 0.25) is 0 Å². The quantitative estimate of drug-likeness (QED) is 0.240. The molecule has 34 heavy (non-hydrogen) atoms. The maximum atomic E-state index is 12.7. The second-order valence-corrected chi connectivity index (χ2v) is 9.60. The predicted octanol–water partition coefficient (Wildman–Crippen LogP) is -1.28. The number of rotatable bonds is 5. The molecule has 0 unspecified atom stereocenters. The summed E-state index contributed by atoms with van der Waals surface area (Å²) in [5, 5.41) is 50.4. The van der Waals surface area contributed by atoms with E-state index in [4.69, 9.17) is 35.3 Å². The number of carbonyl (C=O) groups excluding carboxylic acids is 1. The summed E-state index contributed by atoms with van der Waals surface area (Å²) in [6, 6.07) is 8.39. The number of ether oxygens (including phenoxy) is 5. The summed E-state index contributed by atoms with van der Waals surface area (Å²) in [6.07, 6.45) is -10.1. The van der Waals surface area contributed by atoms with Gasteiger partial charge in [0.05, 0.1) is 18.8 Å². The van der Waals surface area contributed by atoms with Gasteiger partial charge in [-0.25, -0.2) is 4.79 Å². The average Bonchev–Trinajstić information content (AvgIpc) is 2.95. The van der Waals surface area contributed by atoms with Crippen molar-refractivity contribution >= 4 is 17.6 Å². The van der Waals surface area contributed by atoms with E-state index in [2.05, 4.69) is 0 Å². The van der Waals surface area contributed by atoms with Crippen molar-refractivity contribution in [3.8, 4) is 0 Å². The molecule has 0 aromatic heterocycles. The molecule has 1 saturated carbocycles. The Bertz CT molecular complexity index is 887. The Morgan fingerprint density at radius 3 is 2.53 bits per heavy atom. The molecule has 5 fully saturated rings. The molecular weight excluding hydrogens is 476 g/mol. The van der Waals surface area contributed by atoms with Crippen molar-refractivity contribution in [3.63, 3.8) is 0 Å². The highest BCUT2D eigenvalue weighted by Crippen LogP contribution is 2.55. The summed E-state index contributed by atoms with van der Waals surface area (Å²) in [6.45, 7) is -0.819. The summed E-state index contributed by atoms with van der Waals surface area (Å²) in [7, 11) is 0. The number of hydrogen-bond donors (Lipinski definition) is 5. The molecule has 0 amide bonds. The maximum Gasteiger partial charge on any atom is 0.338 e. The van der Waals surface area contributed by atoms with E-state index >= 15 is 0 Å². The number of aliphatic hydroxyl groups is 5. The number of alkyl halides is 1. The van der Waals surface area contributed by atoms with Crippen molar-refractivity contribution < 1.29 is 54.0 Å². The molecule has 188 valence electrons. The first kappa shape index (κ1) is 24.3. The number of halogens is 1. The van der Waals surface area contributed by atoms with Gasteiger partial charge in [0, 0.05) is 18.3 Å². The summed E-state index contributed by atoms with van der Waals surface area (Å²) in [5.41, 5.74) is -1.36. The molecule has 1 aromatic carbocycles. The first-order valence-corrected chi connectivity index (χ1v) is 11.5. The fraction of sp³-hybridized carbons (Fsp3) is 0.682. The third kappa shape index (κ3) is 3.94. The fourth-order valence-electron chi connectivity index (χ4n) is 5.34. The van der Waals surface area contributed by atoms with Crippen LogP contribution in [0.5, 0.6) is 0 Å².